The maximum atomic E-state index is 12.9. The summed E-state index contributed by atoms with van der Waals surface area (Å²) in [5, 5.41) is 12.1. The summed E-state index contributed by atoms with van der Waals surface area (Å²) in [5.74, 6) is 0.216. The fourth-order valence-corrected chi connectivity index (χ4v) is 3.65. The molecule has 1 heterocycles. The fourth-order valence-electron chi connectivity index (χ4n) is 3.65. The highest BCUT2D eigenvalue weighted by Crippen LogP contribution is 2.26. The summed E-state index contributed by atoms with van der Waals surface area (Å²) in [7, 11) is 0. The smallest absolute Gasteiger partial charge is 0.343 e. The summed E-state index contributed by atoms with van der Waals surface area (Å²) in [6.07, 6.45) is 5.74. The van der Waals surface area contributed by atoms with E-state index < -0.39 is 5.97 Å². The highest BCUT2D eigenvalue weighted by atomic mass is 16.5. The van der Waals surface area contributed by atoms with E-state index in [2.05, 4.69) is 9.97 Å². The highest BCUT2D eigenvalue weighted by molar-refractivity contribution is 5.98. The number of hydrogen-bond donors (Lipinski definition) is 1. The Kier molecular flexibility index (Phi) is 5.44. The molecule has 0 spiro atoms. The first-order chi connectivity index (χ1) is 14.5. The van der Waals surface area contributed by atoms with E-state index in [1.165, 1.54) is 18.7 Å². The van der Waals surface area contributed by atoms with Crippen molar-refractivity contribution >= 4 is 16.7 Å². The molecule has 150 valence electrons. The van der Waals surface area contributed by atoms with Gasteiger partial charge in [-0.05, 0) is 65.8 Å². The maximum Gasteiger partial charge on any atom is 0.343 e. The summed E-state index contributed by atoms with van der Waals surface area (Å²) in [6, 6.07) is 15.9. The number of fused-ring (bicyclic) bond motifs is 1. The zero-order valence-electron chi connectivity index (χ0n) is 16.9. The number of nitrogens with zero attached hydrogens (tertiary/aromatic N) is 2. The van der Waals surface area contributed by atoms with Crippen LogP contribution in [0.15, 0.2) is 67.3 Å². The van der Waals surface area contributed by atoms with Crippen molar-refractivity contribution in [3.8, 4) is 11.5 Å². The van der Waals surface area contributed by atoms with E-state index in [0.717, 1.165) is 39.4 Å². The molecule has 0 aliphatic heterocycles. The standard InChI is InChI=1S/C25H22N2O3/c1-16-9-18(10-17(2)24(16)28)7-8-21-11-19-5-3-4-6-20(19)12-23(21)25(29)30-22-13-26-15-27-14-22/h3-6,9-15,28H,7-8H2,1-2H3. The van der Waals surface area contributed by atoms with Gasteiger partial charge in [-0.15, -0.1) is 0 Å². The summed E-state index contributed by atoms with van der Waals surface area (Å²) >= 11 is 0. The lowest BCUT2D eigenvalue weighted by molar-refractivity contribution is 0.0732. The zero-order valence-corrected chi connectivity index (χ0v) is 16.9. The Hall–Kier alpha value is -3.73. The molecular formula is C25H22N2O3. The van der Waals surface area contributed by atoms with Crippen molar-refractivity contribution in [1.29, 1.82) is 0 Å². The lowest BCUT2D eigenvalue weighted by Crippen LogP contribution is -2.12. The predicted molar refractivity (Wildman–Crippen MR) is 116 cm³/mol. The first kappa shape index (κ1) is 19.6. The van der Waals surface area contributed by atoms with Gasteiger partial charge in [0.05, 0.1) is 18.0 Å². The van der Waals surface area contributed by atoms with E-state index >= 15 is 0 Å². The number of ether oxygens (including phenoxy) is 1. The molecule has 0 bridgehead atoms. The second-order valence-electron chi connectivity index (χ2n) is 7.40. The molecule has 4 rings (SSSR count). The van der Waals surface area contributed by atoms with Crippen LogP contribution in [0.5, 0.6) is 11.5 Å². The second-order valence-corrected chi connectivity index (χ2v) is 7.40. The van der Waals surface area contributed by atoms with Crippen LogP contribution in [0.1, 0.15) is 32.6 Å². The average molecular weight is 398 g/mol. The van der Waals surface area contributed by atoms with Crippen molar-refractivity contribution in [2.24, 2.45) is 0 Å². The van der Waals surface area contributed by atoms with E-state index in [0.29, 0.717) is 23.5 Å². The van der Waals surface area contributed by atoms with Gasteiger partial charge in [-0.2, -0.15) is 0 Å². The van der Waals surface area contributed by atoms with E-state index in [1.807, 2.05) is 62.4 Å². The number of aromatic nitrogens is 2. The van der Waals surface area contributed by atoms with Crippen LogP contribution in [0.25, 0.3) is 10.8 Å². The molecular weight excluding hydrogens is 376 g/mol. The van der Waals surface area contributed by atoms with Crippen LogP contribution in [0.3, 0.4) is 0 Å². The number of rotatable bonds is 5. The Morgan fingerprint density at radius 1 is 0.933 bits per heavy atom. The molecule has 0 saturated heterocycles. The first-order valence-electron chi connectivity index (χ1n) is 9.79. The number of carbonyl (C=O) groups excluding carboxylic acids is 1. The second kappa shape index (κ2) is 8.33. The Morgan fingerprint density at radius 3 is 2.23 bits per heavy atom. The van der Waals surface area contributed by atoms with Crippen molar-refractivity contribution < 1.29 is 14.6 Å². The molecule has 0 radical (unpaired) electrons. The lowest BCUT2D eigenvalue weighted by Gasteiger charge is -2.13. The van der Waals surface area contributed by atoms with Gasteiger partial charge in [-0.1, -0.05) is 42.5 Å². The molecule has 5 nitrogen and oxygen atoms in total. The Labute approximate surface area is 175 Å². The summed E-state index contributed by atoms with van der Waals surface area (Å²) in [5.41, 5.74) is 4.27. The average Bonchev–Trinajstić information content (AvgIpc) is 2.76. The normalized spacial score (nSPS) is 10.9. The van der Waals surface area contributed by atoms with Gasteiger partial charge in [0.2, 0.25) is 0 Å². The number of aryl methyl sites for hydroxylation is 4. The lowest BCUT2D eigenvalue weighted by atomic mass is 9.95. The molecule has 3 aromatic carbocycles. The number of benzene rings is 3. The van der Waals surface area contributed by atoms with Crippen LogP contribution in [0.2, 0.25) is 0 Å². The van der Waals surface area contributed by atoms with Crippen molar-refractivity contribution in [2.45, 2.75) is 26.7 Å². The van der Waals surface area contributed by atoms with Crippen molar-refractivity contribution in [2.75, 3.05) is 0 Å². The first-order valence-corrected chi connectivity index (χ1v) is 9.79. The van der Waals surface area contributed by atoms with Gasteiger partial charge in [0.25, 0.3) is 0 Å². The molecule has 0 atom stereocenters. The van der Waals surface area contributed by atoms with Gasteiger partial charge in [-0.3, -0.25) is 0 Å². The Morgan fingerprint density at radius 2 is 1.57 bits per heavy atom. The van der Waals surface area contributed by atoms with Gasteiger partial charge >= 0.3 is 5.97 Å². The van der Waals surface area contributed by atoms with Crippen LogP contribution in [0, 0.1) is 13.8 Å². The SMILES string of the molecule is Cc1cc(CCc2cc3ccccc3cc2C(=O)Oc2cncnc2)cc(C)c1O. The number of phenolic OH excluding ortho intramolecular Hbond substituents is 1. The largest absolute Gasteiger partial charge is 0.507 e. The van der Waals surface area contributed by atoms with E-state index in [1.54, 1.807) is 0 Å². The zero-order chi connectivity index (χ0) is 21.1. The fraction of sp³-hybridized carbons (Fsp3) is 0.160. The molecule has 5 heteroatoms. The monoisotopic (exact) mass is 398 g/mol. The quantitative estimate of drug-likeness (QED) is 0.481. The summed E-state index contributed by atoms with van der Waals surface area (Å²) in [4.78, 5) is 20.7. The number of esters is 1. The van der Waals surface area contributed by atoms with E-state index in [9.17, 15) is 9.90 Å². The molecule has 30 heavy (non-hydrogen) atoms. The molecule has 0 aliphatic carbocycles. The third-order valence-corrected chi connectivity index (χ3v) is 5.17. The number of carbonyl (C=O) groups is 1. The molecule has 0 aliphatic rings. The van der Waals surface area contributed by atoms with E-state index in [-0.39, 0.29) is 0 Å². The number of phenols is 1. The van der Waals surface area contributed by atoms with Crippen molar-refractivity contribution in [3.05, 3.63) is 95.1 Å². The molecule has 1 aromatic heterocycles. The summed E-state index contributed by atoms with van der Waals surface area (Å²) < 4.78 is 5.50. The van der Waals surface area contributed by atoms with Crippen LogP contribution in [0.4, 0.5) is 0 Å². The van der Waals surface area contributed by atoms with Crippen LogP contribution >= 0.6 is 0 Å². The molecule has 0 amide bonds. The van der Waals surface area contributed by atoms with E-state index in [4.69, 9.17) is 4.74 Å². The van der Waals surface area contributed by atoms with Crippen LogP contribution < -0.4 is 4.74 Å². The molecule has 4 aromatic rings. The molecule has 0 saturated carbocycles. The predicted octanol–water partition coefficient (Wildman–Crippen LogP) is 4.96. The van der Waals surface area contributed by atoms with Crippen molar-refractivity contribution in [1.82, 2.24) is 9.97 Å². The van der Waals surface area contributed by atoms with Gasteiger partial charge in [-0.25, -0.2) is 14.8 Å². The van der Waals surface area contributed by atoms with Gasteiger partial charge < -0.3 is 9.84 Å². The topological polar surface area (TPSA) is 72.3 Å². The van der Waals surface area contributed by atoms with Crippen molar-refractivity contribution in [3.63, 3.8) is 0 Å². The molecule has 1 N–H and O–H groups in total. The Bertz CT molecular complexity index is 1200. The van der Waals surface area contributed by atoms with Gasteiger partial charge in [0, 0.05) is 0 Å². The third kappa shape index (κ3) is 4.15. The molecule has 0 unspecified atom stereocenters. The van der Waals surface area contributed by atoms with Crippen LogP contribution in [-0.2, 0) is 12.8 Å². The minimum absolute atomic E-state index is 0.311. The van der Waals surface area contributed by atoms with Gasteiger partial charge in [0.1, 0.15) is 12.1 Å². The number of hydrogen-bond acceptors (Lipinski definition) is 5. The van der Waals surface area contributed by atoms with Gasteiger partial charge in [0.15, 0.2) is 5.75 Å². The summed E-state index contributed by atoms with van der Waals surface area (Å²) in [6.45, 7) is 3.79. The maximum absolute atomic E-state index is 12.9. The number of aromatic hydroxyl groups is 1. The minimum Gasteiger partial charge on any atom is -0.507 e. The third-order valence-electron chi connectivity index (χ3n) is 5.17. The highest BCUT2D eigenvalue weighted by Gasteiger charge is 2.16. The molecule has 0 fully saturated rings. The Balaban J connectivity index is 1.67. The van der Waals surface area contributed by atoms with Crippen LogP contribution in [-0.4, -0.2) is 21.0 Å². The minimum atomic E-state index is -0.427.